The van der Waals surface area contributed by atoms with E-state index in [9.17, 15) is 18.0 Å². The highest BCUT2D eigenvalue weighted by Gasteiger charge is 2.38. The smallest absolute Gasteiger partial charge is 0.372 e. The molecule has 1 N–H and O–H groups in total. The summed E-state index contributed by atoms with van der Waals surface area (Å²) in [6, 6.07) is 7.42. The van der Waals surface area contributed by atoms with Crippen molar-refractivity contribution in [2.24, 2.45) is 0 Å². The Hall–Kier alpha value is -2.00. The summed E-state index contributed by atoms with van der Waals surface area (Å²) in [6.07, 6.45) is -3.83. The van der Waals surface area contributed by atoms with Gasteiger partial charge in [-0.25, -0.2) is 0 Å². The van der Waals surface area contributed by atoms with Crippen molar-refractivity contribution in [3.63, 3.8) is 0 Å². The second-order valence-corrected chi connectivity index (χ2v) is 4.29. The van der Waals surface area contributed by atoms with Gasteiger partial charge >= 0.3 is 12.1 Å². The molecular formula is C15H16F3NO2. The van der Waals surface area contributed by atoms with Crippen LogP contribution >= 0.6 is 0 Å². The van der Waals surface area contributed by atoms with Gasteiger partial charge in [0.1, 0.15) is 6.61 Å². The number of aryl methyl sites for hydroxylation is 1. The van der Waals surface area contributed by atoms with Gasteiger partial charge in [-0.15, -0.1) is 0 Å². The van der Waals surface area contributed by atoms with E-state index in [4.69, 9.17) is 4.74 Å². The average molecular weight is 299 g/mol. The summed E-state index contributed by atoms with van der Waals surface area (Å²) >= 11 is 0. The van der Waals surface area contributed by atoms with Gasteiger partial charge in [0.25, 0.3) is 0 Å². The molecule has 0 spiro atoms. The third-order valence-electron chi connectivity index (χ3n) is 2.56. The zero-order valence-electron chi connectivity index (χ0n) is 11.6. The van der Waals surface area contributed by atoms with E-state index >= 15 is 0 Å². The summed E-state index contributed by atoms with van der Waals surface area (Å²) < 4.78 is 40.7. The number of hydrogen-bond acceptors (Lipinski definition) is 2. The molecule has 114 valence electrons. The molecule has 0 saturated heterocycles. The first-order valence-electron chi connectivity index (χ1n) is 6.35. The number of rotatable bonds is 5. The molecule has 1 aromatic carbocycles. The molecule has 6 heteroatoms. The van der Waals surface area contributed by atoms with Crippen LogP contribution in [0.2, 0.25) is 0 Å². The summed E-state index contributed by atoms with van der Waals surface area (Å²) in [5.41, 5.74) is 1.78. The predicted molar refractivity (Wildman–Crippen MR) is 72.6 cm³/mol. The summed E-state index contributed by atoms with van der Waals surface area (Å²) in [6.45, 7) is 0.325. The minimum atomic E-state index is -4.82. The molecule has 0 aromatic heterocycles. The van der Waals surface area contributed by atoms with Crippen LogP contribution in [-0.2, 0) is 16.0 Å². The Morgan fingerprint density at radius 2 is 2.14 bits per heavy atom. The van der Waals surface area contributed by atoms with Crippen LogP contribution in [0.1, 0.15) is 17.5 Å². The molecule has 0 fully saturated rings. The monoisotopic (exact) mass is 299 g/mol. The highest BCUT2D eigenvalue weighted by Crippen LogP contribution is 2.14. The highest BCUT2D eigenvalue weighted by molar-refractivity contribution is 5.81. The molecule has 3 nitrogen and oxygen atoms in total. The zero-order valence-corrected chi connectivity index (χ0v) is 11.6. The number of alkyl halides is 3. The van der Waals surface area contributed by atoms with E-state index in [0.717, 1.165) is 11.1 Å². The van der Waals surface area contributed by atoms with Crippen LogP contribution in [0.4, 0.5) is 13.2 Å². The van der Waals surface area contributed by atoms with Gasteiger partial charge in [0.15, 0.2) is 0 Å². The average Bonchev–Trinajstić information content (AvgIpc) is 2.43. The fraction of sp³-hybridized carbons (Fsp3) is 0.400. The van der Waals surface area contributed by atoms with Crippen LogP contribution in [0.5, 0.6) is 0 Å². The van der Waals surface area contributed by atoms with Gasteiger partial charge in [-0.05, 0) is 30.5 Å². The Labute approximate surface area is 121 Å². The number of amides is 1. The lowest BCUT2D eigenvalue weighted by molar-refractivity contribution is -0.173. The van der Waals surface area contributed by atoms with E-state index < -0.39 is 12.1 Å². The molecule has 0 bridgehead atoms. The molecule has 0 aliphatic carbocycles. The molecule has 0 aliphatic heterocycles. The Morgan fingerprint density at radius 1 is 1.38 bits per heavy atom. The number of carbonyl (C=O) groups is 1. The Kier molecular flexibility index (Phi) is 6.76. The van der Waals surface area contributed by atoms with Crippen LogP contribution in [0, 0.1) is 11.8 Å². The number of methoxy groups -OCH3 is 1. The van der Waals surface area contributed by atoms with Crippen molar-refractivity contribution in [2.45, 2.75) is 19.0 Å². The van der Waals surface area contributed by atoms with Crippen molar-refractivity contribution in [1.29, 1.82) is 0 Å². The number of ether oxygens (including phenoxy) is 1. The summed E-state index contributed by atoms with van der Waals surface area (Å²) in [5, 5.41) is 1.84. The first-order valence-corrected chi connectivity index (χ1v) is 6.35. The second kappa shape index (κ2) is 8.32. The molecular weight excluding hydrogens is 283 g/mol. The number of hydrogen-bond donors (Lipinski definition) is 1. The highest BCUT2D eigenvalue weighted by atomic mass is 19.4. The minimum Gasteiger partial charge on any atom is -0.372 e. The van der Waals surface area contributed by atoms with Gasteiger partial charge in [0.05, 0.1) is 0 Å². The lowest BCUT2D eigenvalue weighted by Gasteiger charge is -2.07. The predicted octanol–water partition coefficient (Wildman–Crippen LogP) is 2.30. The normalized spacial score (nSPS) is 10.7. The maximum atomic E-state index is 12.0. The van der Waals surface area contributed by atoms with E-state index in [0.29, 0.717) is 19.4 Å². The quantitative estimate of drug-likeness (QED) is 0.669. The molecule has 21 heavy (non-hydrogen) atoms. The fourth-order valence-electron chi connectivity index (χ4n) is 1.61. The Balaban J connectivity index is 2.41. The Bertz CT molecular complexity index is 530. The van der Waals surface area contributed by atoms with Crippen molar-refractivity contribution in [2.75, 3.05) is 20.3 Å². The lowest BCUT2D eigenvalue weighted by Crippen LogP contribution is -2.37. The number of benzene rings is 1. The van der Waals surface area contributed by atoms with Gasteiger partial charge in [-0.1, -0.05) is 24.0 Å². The SMILES string of the molecule is COCC#Cc1cccc(CCCNC(=O)C(F)(F)F)c1. The third-order valence-corrected chi connectivity index (χ3v) is 2.56. The number of halogens is 3. The maximum absolute atomic E-state index is 12.0. The second-order valence-electron chi connectivity index (χ2n) is 4.29. The van der Waals surface area contributed by atoms with Gasteiger partial charge in [0, 0.05) is 19.2 Å². The fourth-order valence-corrected chi connectivity index (χ4v) is 1.61. The van der Waals surface area contributed by atoms with Crippen molar-refractivity contribution < 1.29 is 22.7 Å². The largest absolute Gasteiger partial charge is 0.471 e. The first kappa shape index (κ1) is 17.1. The van der Waals surface area contributed by atoms with Gasteiger partial charge in [0.2, 0.25) is 0 Å². The van der Waals surface area contributed by atoms with Crippen LogP contribution in [-0.4, -0.2) is 32.3 Å². The van der Waals surface area contributed by atoms with E-state index in [2.05, 4.69) is 11.8 Å². The zero-order chi connectivity index (χ0) is 15.7. The number of carbonyl (C=O) groups excluding carboxylic acids is 1. The third kappa shape index (κ3) is 6.82. The van der Waals surface area contributed by atoms with Crippen LogP contribution < -0.4 is 5.32 Å². The molecule has 0 atom stereocenters. The molecule has 0 heterocycles. The van der Waals surface area contributed by atoms with Gasteiger partial charge in [-0.3, -0.25) is 4.79 Å². The molecule has 1 rings (SSSR count). The molecule has 0 unspecified atom stereocenters. The van der Waals surface area contributed by atoms with E-state index in [1.54, 1.807) is 7.11 Å². The Morgan fingerprint density at radius 3 is 2.81 bits per heavy atom. The van der Waals surface area contributed by atoms with Crippen molar-refractivity contribution in [1.82, 2.24) is 5.32 Å². The molecule has 1 amide bonds. The van der Waals surface area contributed by atoms with Gasteiger partial charge < -0.3 is 10.1 Å². The molecule has 0 saturated carbocycles. The van der Waals surface area contributed by atoms with E-state index in [1.165, 1.54) is 0 Å². The van der Waals surface area contributed by atoms with Gasteiger partial charge in [-0.2, -0.15) is 13.2 Å². The first-order chi connectivity index (χ1) is 9.93. The summed E-state index contributed by atoms with van der Waals surface area (Å²) in [4.78, 5) is 10.6. The molecule has 1 aromatic rings. The molecule has 0 aliphatic rings. The lowest BCUT2D eigenvalue weighted by atomic mass is 10.1. The topological polar surface area (TPSA) is 38.3 Å². The van der Waals surface area contributed by atoms with Crippen LogP contribution in [0.25, 0.3) is 0 Å². The van der Waals surface area contributed by atoms with Crippen molar-refractivity contribution >= 4 is 5.91 Å². The van der Waals surface area contributed by atoms with Crippen LogP contribution in [0.3, 0.4) is 0 Å². The summed E-state index contributed by atoms with van der Waals surface area (Å²) in [7, 11) is 1.56. The van der Waals surface area contributed by atoms with Crippen molar-refractivity contribution in [3.05, 3.63) is 35.4 Å². The summed E-state index contributed by atoms with van der Waals surface area (Å²) in [5.74, 6) is 3.84. The molecule has 0 radical (unpaired) electrons. The standard InChI is InChI=1S/C15H16F3NO2/c1-21-10-4-8-13-6-2-5-12(11-13)7-3-9-19-14(20)15(16,17)18/h2,5-6,11H,3,7,9-10H2,1H3,(H,19,20). The maximum Gasteiger partial charge on any atom is 0.471 e. The van der Waals surface area contributed by atoms with E-state index in [-0.39, 0.29) is 6.54 Å². The van der Waals surface area contributed by atoms with E-state index in [1.807, 2.05) is 29.6 Å². The van der Waals surface area contributed by atoms with Crippen LogP contribution in [0.15, 0.2) is 24.3 Å². The number of nitrogens with one attached hydrogen (secondary N) is 1. The van der Waals surface area contributed by atoms with Crippen molar-refractivity contribution in [3.8, 4) is 11.8 Å². The minimum absolute atomic E-state index is 0.0159.